The molecule has 0 N–H and O–H groups in total. The highest BCUT2D eigenvalue weighted by atomic mass is 79.9. The van der Waals surface area contributed by atoms with E-state index in [2.05, 4.69) is 71.0 Å². The number of alkyl halides is 1. The monoisotopic (exact) mass is 300 g/mol. The minimum atomic E-state index is 0.910. The van der Waals surface area contributed by atoms with E-state index in [1.165, 1.54) is 22.3 Å². The summed E-state index contributed by atoms with van der Waals surface area (Å²) in [6.45, 7) is 3.75. The summed E-state index contributed by atoms with van der Waals surface area (Å²) >= 11 is 3.46. The number of hydrogen-bond donors (Lipinski definition) is 0. The third-order valence-corrected chi connectivity index (χ3v) is 3.68. The van der Waals surface area contributed by atoms with Gasteiger partial charge in [-0.1, -0.05) is 70.5 Å². The summed E-state index contributed by atoms with van der Waals surface area (Å²) in [6.07, 6.45) is 4.08. The van der Waals surface area contributed by atoms with Crippen LogP contribution < -0.4 is 0 Å². The molecule has 92 valence electrons. The fourth-order valence-electron chi connectivity index (χ4n) is 1.92. The van der Waals surface area contributed by atoms with Gasteiger partial charge in [0.15, 0.2) is 0 Å². The molecule has 0 aromatic heterocycles. The first-order valence-electron chi connectivity index (χ1n) is 6.18. The Morgan fingerprint density at radius 1 is 0.833 bits per heavy atom. The predicted octanol–water partition coefficient (Wildman–Crippen LogP) is 5.37. The fourth-order valence-corrected chi connectivity index (χ4v) is 2.29. The van der Waals surface area contributed by atoms with Crippen molar-refractivity contribution in [2.75, 3.05) is 0 Å². The number of benzene rings is 2. The van der Waals surface area contributed by atoms with Crippen LogP contribution in [0.25, 0.3) is 11.1 Å². The topological polar surface area (TPSA) is 0 Å². The third-order valence-electron chi connectivity index (χ3n) is 3.03. The summed E-state index contributed by atoms with van der Waals surface area (Å²) in [6, 6.07) is 17.5. The molecule has 0 unspecified atom stereocenters. The van der Waals surface area contributed by atoms with Gasteiger partial charge in [-0.2, -0.15) is 0 Å². The Hall–Kier alpha value is -1.34. The Bertz CT molecular complexity index is 494. The molecule has 2 aromatic carbocycles. The van der Waals surface area contributed by atoms with E-state index < -0.39 is 0 Å². The van der Waals surface area contributed by atoms with Gasteiger partial charge >= 0.3 is 0 Å². The van der Waals surface area contributed by atoms with Crippen molar-refractivity contribution in [1.29, 1.82) is 0 Å². The third kappa shape index (κ3) is 3.33. The van der Waals surface area contributed by atoms with Gasteiger partial charge in [0.25, 0.3) is 0 Å². The standard InChI is InChI=1S/C17H17Br/c1-2-3-4-14-5-9-16(10-6-14)17-11-7-15(13-18)8-12-17/h2,5-12H,1,3-4,13H2. The Kier molecular flexibility index (Phi) is 4.77. The zero-order chi connectivity index (χ0) is 12.8. The Labute approximate surface area is 117 Å². The van der Waals surface area contributed by atoms with Gasteiger partial charge in [0.1, 0.15) is 0 Å². The van der Waals surface area contributed by atoms with Gasteiger partial charge in [-0.15, -0.1) is 6.58 Å². The van der Waals surface area contributed by atoms with Gasteiger partial charge in [0, 0.05) is 5.33 Å². The molecule has 0 spiro atoms. The smallest absolute Gasteiger partial charge is 0.0283 e. The predicted molar refractivity (Wildman–Crippen MR) is 83.0 cm³/mol. The summed E-state index contributed by atoms with van der Waals surface area (Å²) in [5.41, 5.74) is 5.23. The average Bonchev–Trinajstić information content (AvgIpc) is 2.46. The maximum Gasteiger partial charge on any atom is 0.0283 e. The van der Waals surface area contributed by atoms with Gasteiger partial charge < -0.3 is 0 Å². The molecule has 0 aliphatic heterocycles. The van der Waals surface area contributed by atoms with E-state index in [-0.39, 0.29) is 0 Å². The second kappa shape index (κ2) is 6.55. The lowest BCUT2D eigenvalue weighted by atomic mass is 10.0. The van der Waals surface area contributed by atoms with Crippen LogP contribution in [0, 0.1) is 0 Å². The van der Waals surface area contributed by atoms with Gasteiger partial charge in [-0.3, -0.25) is 0 Å². The van der Waals surface area contributed by atoms with Crippen LogP contribution in [0.3, 0.4) is 0 Å². The lowest BCUT2D eigenvalue weighted by Gasteiger charge is -2.04. The molecule has 0 fully saturated rings. The van der Waals surface area contributed by atoms with Crippen LogP contribution in [-0.2, 0) is 11.8 Å². The summed E-state index contributed by atoms with van der Waals surface area (Å²) < 4.78 is 0. The van der Waals surface area contributed by atoms with Gasteiger partial charge in [0.05, 0.1) is 0 Å². The number of halogens is 1. The normalized spacial score (nSPS) is 10.3. The molecule has 0 atom stereocenters. The quantitative estimate of drug-likeness (QED) is 0.514. The van der Waals surface area contributed by atoms with Crippen molar-refractivity contribution in [2.45, 2.75) is 18.2 Å². The summed E-state index contributed by atoms with van der Waals surface area (Å²) in [5, 5.41) is 0.910. The molecular formula is C17H17Br. The second-order valence-electron chi connectivity index (χ2n) is 4.35. The molecule has 0 saturated heterocycles. The zero-order valence-electron chi connectivity index (χ0n) is 10.4. The fraction of sp³-hybridized carbons (Fsp3) is 0.176. The van der Waals surface area contributed by atoms with Crippen LogP contribution in [-0.4, -0.2) is 0 Å². The van der Waals surface area contributed by atoms with Crippen LogP contribution in [0.15, 0.2) is 61.2 Å². The van der Waals surface area contributed by atoms with Crippen molar-refractivity contribution in [3.8, 4) is 11.1 Å². The average molecular weight is 301 g/mol. The number of hydrogen-bond acceptors (Lipinski definition) is 0. The van der Waals surface area contributed by atoms with Gasteiger partial charge in [0.2, 0.25) is 0 Å². The summed E-state index contributed by atoms with van der Waals surface area (Å²) in [4.78, 5) is 0. The summed E-state index contributed by atoms with van der Waals surface area (Å²) in [5.74, 6) is 0. The van der Waals surface area contributed by atoms with E-state index in [1.807, 2.05) is 6.08 Å². The zero-order valence-corrected chi connectivity index (χ0v) is 12.0. The van der Waals surface area contributed by atoms with E-state index in [1.54, 1.807) is 0 Å². The van der Waals surface area contributed by atoms with E-state index in [0.717, 1.165) is 18.2 Å². The molecule has 2 rings (SSSR count). The molecule has 0 radical (unpaired) electrons. The van der Waals surface area contributed by atoms with E-state index in [9.17, 15) is 0 Å². The molecule has 0 saturated carbocycles. The van der Waals surface area contributed by atoms with Crippen LogP contribution in [0.1, 0.15) is 17.5 Å². The molecule has 0 bridgehead atoms. The summed E-state index contributed by atoms with van der Waals surface area (Å²) in [7, 11) is 0. The molecule has 1 heteroatoms. The molecule has 0 heterocycles. The minimum Gasteiger partial charge on any atom is -0.103 e. The molecule has 0 aliphatic carbocycles. The first-order chi connectivity index (χ1) is 8.83. The van der Waals surface area contributed by atoms with Gasteiger partial charge in [-0.05, 0) is 35.1 Å². The maximum absolute atomic E-state index is 3.75. The van der Waals surface area contributed by atoms with Crippen LogP contribution in [0.2, 0.25) is 0 Å². The van der Waals surface area contributed by atoms with Crippen molar-refractivity contribution < 1.29 is 0 Å². The highest BCUT2D eigenvalue weighted by Gasteiger charge is 1.98. The first-order valence-corrected chi connectivity index (χ1v) is 7.31. The Balaban J connectivity index is 2.14. The first kappa shape index (κ1) is 13.1. The van der Waals surface area contributed by atoms with E-state index in [0.29, 0.717) is 0 Å². The molecule has 0 aliphatic rings. The molecule has 0 amide bonds. The van der Waals surface area contributed by atoms with E-state index in [4.69, 9.17) is 0 Å². The van der Waals surface area contributed by atoms with Crippen molar-refractivity contribution in [3.05, 3.63) is 72.3 Å². The van der Waals surface area contributed by atoms with Crippen LogP contribution >= 0.6 is 15.9 Å². The largest absolute Gasteiger partial charge is 0.103 e. The van der Waals surface area contributed by atoms with Crippen molar-refractivity contribution in [3.63, 3.8) is 0 Å². The van der Waals surface area contributed by atoms with Crippen LogP contribution in [0.5, 0.6) is 0 Å². The van der Waals surface area contributed by atoms with Crippen molar-refractivity contribution in [1.82, 2.24) is 0 Å². The van der Waals surface area contributed by atoms with Crippen molar-refractivity contribution in [2.24, 2.45) is 0 Å². The lowest BCUT2D eigenvalue weighted by molar-refractivity contribution is 1.00. The molecule has 0 nitrogen and oxygen atoms in total. The Morgan fingerprint density at radius 2 is 1.33 bits per heavy atom. The SMILES string of the molecule is C=CCCc1ccc(-c2ccc(CBr)cc2)cc1. The van der Waals surface area contributed by atoms with E-state index >= 15 is 0 Å². The highest BCUT2D eigenvalue weighted by Crippen LogP contribution is 2.21. The van der Waals surface area contributed by atoms with Gasteiger partial charge in [-0.25, -0.2) is 0 Å². The van der Waals surface area contributed by atoms with Crippen molar-refractivity contribution >= 4 is 15.9 Å². The molecular weight excluding hydrogens is 284 g/mol. The number of rotatable bonds is 5. The Morgan fingerprint density at radius 3 is 1.78 bits per heavy atom. The number of aryl methyl sites for hydroxylation is 1. The maximum atomic E-state index is 3.75. The van der Waals surface area contributed by atoms with Crippen LogP contribution in [0.4, 0.5) is 0 Å². The lowest BCUT2D eigenvalue weighted by Crippen LogP contribution is -1.84. The minimum absolute atomic E-state index is 0.910. The molecule has 18 heavy (non-hydrogen) atoms. The molecule has 2 aromatic rings. The second-order valence-corrected chi connectivity index (χ2v) is 4.92. The highest BCUT2D eigenvalue weighted by molar-refractivity contribution is 9.08. The number of allylic oxidation sites excluding steroid dienone is 1.